The van der Waals surface area contributed by atoms with Crippen LogP contribution in [0.15, 0.2) is 17.5 Å². The first-order chi connectivity index (χ1) is 7.67. The molecule has 0 aromatic carbocycles. The van der Waals surface area contributed by atoms with Gasteiger partial charge in [-0.1, -0.05) is 6.07 Å². The van der Waals surface area contributed by atoms with Gasteiger partial charge in [0.15, 0.2) is 0 Å². The Labute approximate surface area is 124 Å². The van der Waals surface area contributed by atoms with Gasteiger partial charge in [0.1, 0.15) is 4.88 Å². The SMILES string of the molecule is CCOC(=O)c1cccs1.[CH3][Sn][CH3].[CH3][Sn][CH3]. The predicted octanol–water partition coefficient (Wildman–Crippen LogP) is 3.50. The first-order valence-corrected chi connectivity index (χ1v) is 17.3. The van der Waals surface area contributed by atoms with Crippen molar-refractivity contribution in [2.24, 2.45) is 0 Å². The molecular formula is C11H20O2SSn2. The van der Waals surface area contributed by atoms with E-state index in [4.69, 9.17) is 4.74 Å². The third-order valence-electron chi connectivity index (χ3n) is 0.998. The third-order valence-corrected chi connectivity index (χ3v) is 1.85. The van der Waals surface area contributed by atoms with E-state index in [-0.39, 0.29) is 48.3 Å². The Bertz CT molecular complexity index is 236. The van der Waals surface area contributed by atoms with Gasteiger partial charge in [-0.3, -0.25) is 0 Å². The second kappa shape index (κ2) is 15.8. The zero-order valence-corrected chi connectivity index (χ0v) is 17.2. The molecule has 0 unspecified atom stereocenters. The summed E-state index contributed by atoms with van der Waals surface area (Å²) >= 11 is 1.86. The van der Waals surface area contributed by atoms with Gasteiger partial charge < -0.3 is 4.74 Å². The maximum atomic E-state index is 10.9. The number of ether oxygens (including phenoxy) is 1. The monoisotopic (exact) mass is 456 g/mol. The summed E-state index contributed by atoms with van der Waals surface area (Å²) in [4.78, 5) is 20.7. The molecule has 0 aliphatic rings. The van der Waals surface area contributed by atoms with Gasteiger partial charge in [-0.2, -0.15) is 0 Å². The van der Waals surface area contributed by atoms with E-state index in [2.05, 4.69) is 19.8 Å². The third kappa shape index (κ3) is 12.8. The molecule has 0 fully saturated rings. The van der Waals surface area contributed by atoms with Crippen molar-refractivity contribution in [3.8, 4) is 0 Å². The summed E-state index contributed by atoms with van der Waals surface area (Å²) in [5.74, 6) is -0.225. The van der Waals surface area contributed by atoms with E-state index in [1.807, 2.05) is 11.4 Å². The molecule has 0 N–H and O–H groups in total. The van der Waals surface area contributed by atoms with Gasteiger partial charge in [-0.15, -0.1) is 11.3 Å². The van der Waals surface area contributed by atoms with Crippen molar-refractivity contribution in [3.05, 3.63) is 22.4 Å². The Morgan fingerprint density at radius 1 is 1.31 bits per heavy atom. The second-order valence-corrected chi connectivity index (χ2v) is 9.35. The molecule has 0 spiro atoms. The van der Waals surface area contributed by atoms with E-state index < -0.39 is 0 Å². The fraction of sp³-hybridized carbons (Fsp3) is 0.545. The first kappa shape index (κ1) is 19.1. The summed E-state index contributed by atoms with van der Waals surface area (Å²) in [7, 11) is 0. The van der Waals surface area contributed by atoms with Crippen LogP contribution in [0.1, 0.15) is 16.6 Å². The molecule has 0 amide bonds. The molecule has 90 valence electrons. The average molecular weight is 454 g/mol. The molecule has 1 rings (SSSR count). The molecule has 0 aliphatic carbocycles. The minimum atomic E-state index is -0.225. The van der Waals surface area contributed by atoms with Gasteiger partial charge in [0.25, 0.3) is 0 Å². The van der Waals surface area contributed by atoms with Crippen LogP contribution in [0.4, 0.5) is 0 Å². The summed E-state index contributed by atoms with van der Waals surface area (Å²) in [6.45, 7) is 2.24. The van der Waals surface area contributed by atoms with Crippen LogP contribution < -0.4 is 0 Å². The van der Waals surface area contributed by atoms with Crippen LogP contribution in [0.2, 0.25) is 19.8 Å². The van der Waals surface area contributed by atoms with Crippen LogP contribution in [0.25, 0.3) is 0 Å². The van der Waals surface area contributed by atoms with E-state index in [1.54, 1.807) is 13.0 Å². The van der Waals surface area contributed by atoms with Crippen molar-refractivity contribution in [2.45, 2.75) is 26.7 Å². The van der Waals surface area contributed by atoms with Gasteiger partial charge in [-0.05, 0) is 18.4 Å². The number of hydrogen-bond acceptors (Lipinski definition) is 3. The van der Waals surface area contributed by atoms with E-state index in [0.29, 0.717) is 11.5 Å². The zero-order valence-electron chi connectivity index (χ0n) is 10.7. The molecule has 5 heteroatoms. The second-order valence-electron chi connectivity index (χ2n) is 2.70. The van der Waals surface area contributed by atoms with Crippen molar-refractivity contribution < 1.29 is 9.53 Å². The zero-order chi connectivity index (χ0) is 12.8. The molecular weight excluding hydrogens is 434 g/mol. The fourth-order valence-corrected chi connectivity index (χ4v) is 1.21. The summed E-state index contributed by atoms with van der Waals surface area (Å²) in [6.07, 6.45) is 0. The molecule has 1 aromatic rings. The van der Waals surface area contributed by atoms with Crippen molar-refractivity contribution in [3.63, 3.8) is 0 Å². The quantitative estimate of drug-likeness (QED) is 0.506. The standard InChI is InChI=1S/C7H8O2S.4CH3.2Sn/c1-2-9-7(8)6-4-3-5-10-6;;;;;;/h3-5H,2H2,1H3;4*1H3;;. The molecule has 4 radical (unpaired) electrons. The molecule has 0 aliphatic heterocycles. The number of hydrogen-bond donors (Lipinski definition) is 0. The fourth-order valence-electron chi connectivity index (χ4n) is 0.597. The number of carbonyl (C=O) groups excluding carboxylic acids is 1. The van der Waals surface area contributed by atoms with Crippen LogP contribution in [-0.4, -0.2) is 54.9 Å². The van der Waals surface area contributed by atoms with Crippen molar-refractivity contribution in [2.75, 3.05) is 6.61 Å². The average Bonchev–Trinajstić information content (AvgIpc) is 2.73. The predicted molar refractivity (Wildman–Crippen MR) is 75.2 cm³/mol. The number of carbonyl (C=O) groups is 1. The summed E-state index contributed by atoms with van der Waals surface area (Å²) < 4.78 is 4.76. The van der Waals surface area contributed by atoms with Gasteiger partial charge in [0.2, 0.25) is 0 Å². The summed E-state index contributed by atoms with van der Waals surface area (Å²) in [6, 6.07) is 3.58. The Kier molecular flexibility index (Phi) is 18.8. The number of thiophene rings is 1. The van der Waals surface area contributed by atoms with E-state index >= 15 is 0 Å². The van der Waals surface area contributed by atoms with E-state index in [1.165, 1.54) is 11.3 Å². The Morgan fingerprint density at radius 3 is 2.12 bits per heavy atom. The Balaban J connectivity index is 0. The van der Waals surface area contributed by atoms with Gasteiger partial charge >= 0.3 is 68.0 Å². The van der Waals surface area contributed by atoms with Crippen molar-refractivity contribution in [1.82, 2.24) is 0 Å². The molecule has 2 nitrogen and oxygen atoms in total. The van der Waals surface area contributed by atoms with Gasteiger partial charge in [0.05, 0.1) is 6.61 Å². The van der Waals surface area contributed by atoms with Crippen molar-refractivity contribution in [1.29, 1.82) is 0 Å². The molecule has 0 bridgehead atoms. The van der Waals surface area contributed by atoms with Crippen LogP contribution in [0.5, 0.6) is 0 Å². The van der Waals surface area contributed by atoms with Crippen LogP contribution in [-0.2, 0) is 4.74 Å². The molecule has 1 heterocycles. The Hall–Kier alpha value is 0.767. The summed E-state index contributed by atoms with van der Waals surface area (Å²) in [5.41, 5.74) is 0. The molecule has 0 saturated heterocycles. The molecule has 0 atom stereocenters. The van der Waals surface area contributed by atoms with Gasteiger partial charge in [-0.25, -0.2) is 4.79 Å². The maximum absolute atomic E-state index is 10.9. The molecule has 0 saturated carbocycles. The van der Waals surface area contributed by atoms with E-state index in [0.717, 1.165) is 0 Å². The number of rotatable bonds is 2. The topological polar surface area (TPSA) is 26.3 Å². The molecule has 1 aromatic heterocycles. The number of esters is 1. The Morgan fingerprint density at radius 2 is 1.81 bits per heavy atom. The summed E-state index contributed by atoms with van der Waals surface area (Å²) in [5, 5.41) is 1.85. The van der Waals surface area contributed by atoms with E-state index in [9.17, 15) is 4.79 Å². The van der Waals surface area contributed by atoms with Crippen LogP contribution >= 0.6 is 11.3 Å². The first-order valence-electron chi connectivity index (χ1n) is 5.05. The van der Waals surface area contributed by atoms with Crippen LogP contribution in [0, 0.1) is 0 Å². The minimum absolute atomic E-state index is 0.225. The normalized spacial score (nSPS) is 8.06. The van der Waals surface area contributed by atoms with Gasteiger partial charge in [0, 0.05) is 0 Å². The molecule has 16 heavy (non-hydrogen) atoms. The van der Waals surface area contributed by atoms with Crippen LogP contribution in [0.3, 0.4) is 0 Å². The van der Waals surface area contributed by atoms with Crippen molar-refractivity contribution >= 4 is 59.6 Å².